The van der Waals surface area contributed by atoms with Crippen molar-refractivity contribution in [2.45, 2.75) is 12.8 Å². The van der Waals surface area contributed by atoms with Crippen molar-refractivity contribution in [3.05, 3.63) is 0 Å². The number of nitrogens with zero attached hydrogens (tertiary/aromatic N) is 2. The van der Waals surface area contributed by atoms with Gasteiger partial charge in [0.2, 0.25) is 0 Å². The summed E-state index contributed by atoms with van der Waals surface area (Å²) >= 11 is 0. The Kier molecular flexibility index (Phi) is 4.62. The predicted octanol–water partition coefficient (Wildman–Crippen LogP) is -0.0570. The van der Waals surface area contributed by atoms with Gasteiger partial charge in [-0.15, -0.1) is 0 Å². The molecule has 2 rings (SSSR count). The van der Waals surface area contributed by atoms with Gasteiger partial charge in [0.05, 0.1) is 0 Å². The highest BCUT2D eigenvalue weighted by Gasteiger charge is 2.23. The van der Waals surface area contributed by atoms with Crippen molar-refractivity contribution in [2.75, 3.05) is 52.9 Å². The second-order valence-corrected chi connectivity index (χ2v) is 5.06. The fourth-order valence-corrected chi connectivity index (χ4v) is 2.74. The third kappa shape index (κ3) is 3.57. The van der Waals surface area contributed by atoms with Crippen LogP contribution >= 0.6 is 0 Å². The summed E-state index contributed by atoms with van der Waals surface area (Å²) in [7, 11) is 1.70. The van der Waals surface area contributed by atoms with Gasteiger partial charge in [0.25, 0.3) is 0 Å². The lowest BCUT2D eigenvalue weighted by Crippen LogP contribution is -2.52. The number of hydrogen-bond acceptors (Lipinski definition) is 3. The van der Waals surface area contributed by atoms with Gasteiger partial charge in [-0.25, -0.2) is 4.79 Å². The van der Waals surface area contributed by atoms with Crippen molar-refractivity contribution in [3.8, 4) is 0 Å². The Labute approximate surface area is 104 Å². The molecular formula is C12H24N4O. The van der Waals surface area contributed by atoms with Crippen LogP contribution in [0.4, 0.5) is 4.79 Å². The zero-order valence-electron chi connectivity index (χ0n) is 10.7. The van der Waals surface area contributed by atoms with Crippen molar-refractivity contribution in [1.29, 1.82) is 0 Å². The Balaban J connectivity index is 1.69. The molecule has 0 radical (unpaired) electrons. The summed E-state index contributed by atoms with van der Waals surface area (Å²) in [5.74, 6) is 0.801. The second kappa shape index (κ2) is 6.21. The van der Waals surface area contributed by atoms with Gasteiger partial charge in [-0.2, -0.15) is 0 Å². The minimum atomic E-state index is 0.0592. The molecule has 0 aromatic carbocycles. The van der Waals surface area contributed by atoms with E-state index in [1.165, 1.54) is 25.9 Å². The largest absolute Gasteiger partial charge is 0.341 e. The van der Waals surface area contributed by atoms with E-state index in [9.17, 15) is 4.79 Å². The quantitative estimate of drug-likeness (QED) is 0.711. The maximum atomic E-state index is 11.4. The van der Waals surface area contributed by atoms with Crippen molar-refractivity contribution in [3.63, 3.8) is 0 Å². The van der Waals surface area contributed by atoms with Gasteiger partial charge in [0.15, 0.2) is 0 Å². The highest BCUT2D eigenvalue weighted by Crippen LogP contribution is 2.13. The Morgan fingerprint density at radius 1 is 1.35 bits per heavy atom. The van der Waals surface area contributed by atoms with Gasteiger partial charge in [-0.3, -0.25) is 4.90 Å². The molecule has 0 spiro atoms. The summed E-state index contributed by atoms with van der Waals surface area (Å²) in [5.41, 5.74) is 0. The molecule has 2 aliphatic rings. The number of hydrogen-bond donors (Lipinski definition) is 2. The van der Waals surface area contributed by atoms with E-state index >= 15 is 0 Å². The minimum absolute atomic E-state index is 0.0592. The number of piperazine rings is 1. The third-order valence-electron chi connectivity index (χ3n) is 3.79. The molecule has 2 amide bonds. The van der Waals surface area contributed by atoms with Crippen molar-refractivity contribution in [1.82, 2.24) is 20.4 Å². The Morgan fingerprint density at radius 2 is 2.12 bits per heavy atom. The molecule has 2 saturated heterocycles. The van der Waals surface area contributed by atoms with Crippen LogP contribution in [0.15, 0.2) is 0 Å². The average molecular weight is 240 g/mol. The van der Waals surface area contributed by atoms with Crippen LogP contribution in [0.25, 0.3) is 0 Å². The Bertz CT molecular complexity index is 245. The molecule has 5 heteroatoms. The number of carbonyl (C=O) groups excluding carboxylic acids is 1. The van der Waals surface area contributed by atoms with Crippen molar-refractivity contribution in [2.24, 2.45) is 5.92 Å². The number of urea groups is 1. The number of rotatable bonds is 2. The molecule has 1 unspecified atom stereocenters. The third-order valence-corrected chi connectivity index (χ3v) is 3.79. The van der Waals surface area contributed by atoms with Crippen LogP contribution in [0.5, 0.6) is 0 Å². The van der Waals surface area contributed by atoms with E-state index in [-0.39, 0.29) is 6.03 Å². The lowest BCUT2D eigenvalue weighted by Gasteiger charge is -2.37. The van der Waals surface area contributed by atoms with E-state index in [1.54, 1.807) is 7.05 Å². The monoisotopic (exact) mass is 240 g/mol. The van der Waals surface area contributed by atoms with Crippen molar-refractivity contribution >= 4 is 6.03 Å². The maximum Gasteiger partial charge on any atom is 0.317 e. The number of amides is 2. The average Bonchev–Trinajstić information content (AvgIpc) is 2.40. The van der Waals surface area contributed by atoms with Crippen LogP contribution in [-0.2, 0) is 0 Å². The smallest absolute Gasteiger partial charge is 0.317 e. The van der Waals surface area contributed by atoms with Gasteiger partial charge in [0, 0.05) is 39.8 Å². The molecule has 0 bridgehead atoms. The second-order valence-electron chi connectivity index (χ2n) is 5.06. The first kappa shape index (κ1) is 12.6. The fraction of sp³-hybridized carbons (Fsp3) is 0.917. The zero-order chi connectivity index (χ0) is 12.1. The Morgan fingerprint density at radius 3 is 2.71 bits per heavy atom. The zero-order valence-corrected chi connectivity index (χ0v) is 10.7. The fourth-order valence-electron chi connectivity index (χ4n) is 2.74. The molecule has 5 nitrogen and oxygen atoms in total. The number of nitrogens with one attached hydrogen (secondary N) is 2. The van der Waals surface area contributed by atoms with Crippen LogP contribution in [0, 0.1) is 5.92 Å². The maximum absolute atomic E-state index is 11.4. The van der Waals surface area contributed by atoms with E-state index in [2.05, 4.69) is 15.5 Å². The number of carbonyl (C=O) groups is 1. The molecule has 0 aromatic heterocycles. The van der Waals surface area contributed by atoms with E-state index in [0.29, 0.717) is 0 Å². The molecule has 2 fully saturated rings. The lowest BCUT2D eigenvalue weighted by molar-refractivity contribution is 0.123. The van der Waals surface area contributed by atoms with Gasteiger partial charge in [0.1, 0.15) is 0 Å². The first-order chi connectivity index (χ1) is 8.29. The molecule has 0 aliphatic carbocycles. The van der Waals surface area contributed by atoms with E-state index in [1.807, 2.05) is 4.90 Å². The highest BCUT2D eigenvalue weighted by atomic mass is 16.2. The van der Waals surface area contributed by atoms with Crippen LogP contribution in [0.3, 0.4) is 0 Å². The molecule has 2 heterocycles. The highest BCUT2D eigenvalue weighted by molar-refractivity contribution is 5.73. The van der Waals surface area contributed by atoms with E-state index < -0.39 is 0 Å². The van der Waals surface area contributed by atoms with Gasteiger partial charge < -0.3 is 15.5 Å². The van der Waals surface area contributed by atoms with E-state index in [4.69, 9.17) is 0 Å². The number of piperidine rings is 1. The van der Waals surface area contributed by atoms with Crippen molar-refractivity contribution < 1.29 is 4.79 Å². The Hall–Kier alpha value is -0.810. The summed E-state index contributed by atoms with van der Waals surface area (Å²) < 4.78 is 0. The van der Waals surface area contributed by atoms with Crippen LogP contribution in [0.2, 0.25) is 0 Å². The summed E-state index contributed by atoms with van der Waals surface area (Å²) in [6, 6.07) is 0.0592. The minimum Gasteiger partial charge on any atom is -0.341 e. The summed E-state index contributed by atoms with van der Waals surface area (Å²) in [6.07, 6.45) is 2.66. The first-order valence-corrected chi connectivity index (χ1v) is 6.69. The molecule has 1 atom stereocenters. The van der Waals surface area contributed by atoms with Crippen LogP contribution in [0.1, 0.15) is 12.8 Å². The molecule has 0 saturated carbocycles. The van der Waals surface area contributed by atoms with Gasteiger partial charge in [-0.1, -0.05) is 0 Å². The van der Waals surface area contributed by atoms with Gasteiger partial charge >= 0.3 is 6.03 Å². The predicted molar refractivity (Wildman–Crippen MR) is 68.1 cm³/mol. The standard InChI is InChI=1S/C12H24N4O/c1-13-12(17)16-7-5-15(6-8-16)10-11-3-2-4-14-9-11/h11,14H,2-10H2,1H3,(H,13,17). The molecule has 2 aliphatic heterocycles. The normalized spacial score (nSPS) is 26.9. The van der Waals surface area contributed by atoms with Crippen LogP contribution < -0.4 is 10.6 Å². The van der Waals surface area contributed by atoms with Crippen LogP contribution in [-0.4, -0.2) is 68.7 Å². The molecule has 17 heavy (non-hydrogen) atoms. The molecule has 0 aromatic rings. The van der Waals surface area contributed by atoms with E-state index in [0.717, 1.165) is 38.6 Å². The molecule has 98 valence electrons. The molecule has 2 N–H and O–H groups in total. The lowest BCUT2D eigenvalue weighted by atomic mass is 9.99. The van der Waals surface area contributed by atoms with Gasteiger partial charge in [-0.05, 0) is 31.8 Å². The SMILES string of the molecule is CNC(=O)N1CCN(CC2CCCNC2)CC1. The topological polar surface area (TPSA) is 47.6 Å². The summed E-state index contributed by atoms with van der Waals surface area (Å²) in [6.45, 7) is 7.29. The summed E-state index contributed by atoms with van der Waals surface area (Å²) in [5, 5.41) is 6.15. The molecular weight excluding hydrogens is 216 g/mol. The first-order valence-electron chi connectivity index (χ1n) is 6.69. The summed E-state index contributed by atoms with van der Waals surface area (Å²) in [4.78, 5) is 15.8.